The van der Waals surface area contributed by atoms with Crippen LogP contribution in [0.1, 0.15) is 31.4 Å². The quantitative estimate of drug-likeness (QED) is 0.478. The topological polar surface area (TPSA) is 9.23 Å². The summed E-state index contributed by atoms with van der Waals surface area (Å²) in [7, 11) is -2.88. The van der Waals surface area contributed by atoms with Gasteiger partial charge in [0.25, 0.3) is 0 Å². The van der Waals surface area contributed by atoms with Crippen LogP contribution >= 0.6 is 0 Å². The molecule has 0 unspecified atom stereocenters. The molecule has 2 aliphatic carbocycles. The van der Waals surface area contributed by atoms with E-state index >= 15 is 0 Å². The fourth-order valence-electron chi connectivity index (χ4n) is 4.08. The largest absolute Gasteiger partial charge is 1.00 e. The van der Waals surface area contributed by atoms with Crippen molar-refractivity contribution in [2.24, 2.45) is 0 Å². The Hall–Kier alpha value is 0.0369. The van der Waals surface area contributed by atoms with E-state index in [-0.39, 0.29) is 24.8 Å². The average molecular weight is 556 g/mol. The Morgan fingerprint density at radius 3 is 2.17 bits per heavy atom. The van der Waals surface area contributed by atoms with Crippen molar-refractivity contribution >= 4 is 25.2 Å². The van der Waals surface area contributed by atoms with Crippen LogP contribution in [0.15, 0.2) is 58.3 Å². The Morgan fingerprint density at radius 2 is 1.60 bits per heavy atom. The number of halogens is 2. The molecule has 161 valence electrons. The van der Waals surface area contributed by atoms with Gasteiger partial charge in [-0.15, -0.1) is 0 Å². The zero-order chi connectivity index (χ0) is 20.7. The van der Waals surface area contributed by atoms with Crippen molar-refractivity contribution in [1.29, 1.82) is 0 Å². The van der Waals surface area contributed by atoms with Crippen LogP contribution in [-0.2, 0) is 29.1 Å². The van der Waals surface area contributed by atoms with Gasteiger partial charge in [0.05, 0.1) is 0 Å². The molecular weight excluding hydrogens is 523 g/mol. The first-order valence-electron chi connectivity index (χ1n) is 10.3. The minimum Gasteiger partial charge on any atom is -1.00 e. The van der Waals surface area contributed by atoms with Gasteiger partial charge in [-0.05, 0) is 0 Å². The second-order valence-electron chi connectivity index (χ2n) is 9.80. The second kappa shape index (κ2) is 10.8. The molecule has 0 fully saturated rings. The van der Waals surface area contributed by atoms with Gasteiger partial charge in [-0.2, -0.15) is 0 Å². The molecule has 0 bridgehead atoms. The summed E-state index contributed by atoms with van der Waals surface area (Å²) >= 11 is 1.51. The van der Waals surface area contributed by atoms with Crippen molar-refractivity contribution in [3.63, 3.8) is 0 Å². The fourth-order valence-corrected chi connectivity index (χ4v) is 8.36. The Bertz CT molecular complexity index is 917. The minimum absolute atomic E-state index is 0. The third-order valence-corrected chi connectivity index (χ3v) is 11.4. The molecule has 0 aromatic heterocycles. The zero-order valence-electron chi connectivity index (χ0n) is 19.2. The molecule has 0 radical (unpaired) electrons. The predicted octanol–water partition coefficient (Wildman–Crippen LogP) is 1.12. The van der Waals surface area contributed by atoms with Gasteiger partial charge >= 0.3 is 190 Å². The van der Waals surface area contributed by atoms with Gasteiger partial charge in [0.2, 0.25) is 0 Å². The molecule has 0 amide bonds. The van der Waals surface area contributed by atoms with Crippen molar-refractivity contribution in [2.45, 2.75) is 59.0 Å². The SMILES string of the molecule is CC(C)=C1C(C2=CC([Si](C)(C)CCO[Si](C)(C)C)=CC2)=[C]([Zr+2])c2ccccc21.[Cl-].[Cl-]. The Labute approximate surface area is 213 Å². The van der Waals surface area contributed by atoms with Gasteiger partial charge in [-0.3, -0.25) is 0 Å². The van der Waals surface area contributed by atoms with Crippen LogP contribution in [0.4, 0.5) is 0 Å². The maximum absolute atomic E-state index is 6.17. The Kier molecular flexibility index (Phi) is 10.1. The number of fused-ring (bicyclic) bond motifs is 1. The van der Waals surface area contributed by atoms with E-state index in [2.05, 4.69) is 83.0 Å². The van der Waals surface area contributed by atoms with Gasteiger partial charge in [-0.1, -0.05) is 0 Å². The summed E-state index contributed by atoms with van der Waals surface area (Å²) in [4.78, 5) is 0. The zero-order valence-corrected chi connectivity index (χ0v) is 25.2. The van der Waals surface area contributed by atoms with E-state index in [1.807, 2.05) is 0 Å². The van der Waals surface area contributed by atoms with Crippen molar-refractivity contribution < 1.29 is 54.0 Å². The van der Waals surface area contributed by atoms with Gasteiger partial charge < -0.3 is 24.8 Å². The van der Waals surface area contributed by atoms with Crippen LogP contribution in [-0.4, -0.2) is 23.0 Å². The average Bonchev–Trinajstić information content (AvgIpc) is 3.17. The van der Waals surface area contributed by atoms with E-state index in [9.17, 15) is 0 Å². The number of allylic oxidation sites excluding steroid dienone is 7. The van der Waals surface area contributed by atoms with Gasteiger partial charge in [0.1, 0.15) is 0 Å². The molecule has 2 aliphatic rings. The normalized spacial score (nSPS) is 16.0. The summed E-state index contributed by atoms with van der Waals surface area (Å²) in [5.74, 6) is 0. The van der Waals surface area contributed by atoms with Crippen molar-refractivity contribution in [2.75, 3.05) is 6.61 Å². The van der Waals surface area contributed by atoms with Gasteiger partial charge in [-0.25, -0.2) is 0 Å². The second-order valence-corrected chi connectivity index (χ2v) is 20.4. The molecule has 0 atom stereocenters. The molecule has 0 heterocycles. The minimum atomic E-state index is -1.46. The maximum Gasteiger partial charge on any atom is -1.00 e. The number of hydrogen-bond acceptors (Lipinski definition) is 1. The van der Waals surface area contributed by atoms with Crippen LogP contribution in [0.2, 0.25) is 38.8 Å². The first-order valence-corrected chi connectivity index (χ1v) is 18.1. The molecule has 1 aromatic carbocycles. The van der Waals surface area contributed by atoms with E-state index in [1.54, 1.807) is 5.20 Å². The first kappa shape index (κ1) is 28.1. The first-order chi connectivity index (χ1) is 13.0. The van der Waals surface area contributed by atoms with E-state index < -0.39 is 16.4 Å². The molecule has 1 nitrogen and oxygen atoms in total. The van der Waals surface area contributed by atoms with Crippen LogP contribution < -0.4 is 24.8 Å². The molecule has 3 rings (SSSR count). The van der Waals surface area contributed by atoms with E-state index in [1.165, 1.54) is 67.5 Å². The van der Waals surface area contributed by atoms with E-state index in [0.29, 0.717) is 0 Å². The number of benzene rings is 1. The van der Waals surface area contributed by atoms with E-state index in [4.69, 9.17) is 4.43 Å². The Morgan fingerprint density at radius 1 is 1.00 bits per heavy atom. The summed E-state index contributed by atoms with van der Waals surface area (Å²) in [5, 5.41) is 1.61. The van der Waals surface area contributed by atoms with E-state index in [0.717, 1.165) is 13.0 Å². The fraction of sp³-hybridized carbons (Fsp3) is 0.417. The van der Waals surface area contributed by atoms with Gasteiger partial charge in [0.15, 0.2) is 0 Å². The van der Waals surface area contributed by atoms with Gasteiger partial charge in [0, 0.05) is 0 Å². The third-order valence-electron chi connectivity index (χ3n) is 5.70. The molecule has 0 aliphatic heterocycles. The molecular formula is C24H33Cl2OSi2Zr. The summed E-state index contributed by atoms with van der Waals surface area (Å²) < 4.78 is 7.70. The molecule has 0 saturated heterocycles. The van der Waals surface area contributed by atoms with Crippen LogP contribution in [0.5, 0.6) is 0 Å². The summed E-state index contributed by atoms with van der Waals surface area (Å²) in [6, 6.07) is 10.2. The van der Waals surface area contributed by atoms with Crippen molar-refractivity contribution in [3.8, 4) is 0 Å². The maximum atomic E-state index is 6.17. The Balaban J connectivity index is 0.00000225. The number of hydrogen-bond donors (Lipinski definition) is 0. The smallest absolute Gasteiger partial charge is 1.00 e. The monoisotopic (exact) mass is 553 g/mol. The molecule has 1 aromatic rings. The summed E-state index contributed by atoms with van der Waals surface area (Å²) in [6.45, 7) is 17.3. The molecule has 0 N–H and O–H groups in total. The summed E-state index contributed by atoms with van der Waals surface area (Å²) in [5.41, 5.74) is 8.83. The molecule has 0 spiro atoms. The standard InChI is InChI=1S/C24H33OSi2.2ClH.Zr/c1-18(2)24-22-11-9-8-10-19(22)17-23(24)20-12-13-21(16-20)27(6,7)15-14-25-26(3,4)5;;;/h8-11,13,16H,12,14-15H2,1-7H3;2*1H;/q;;;+2/p-2. The number of rotatable bonds is 6. The van der Waals surface area contributed by atoms with Crippen molar-refractivity contribution in [1.82, 2.24) is 0 Å². The third kappa shape index (κ3) is 6.08. The van der Waals surface area contributed by atoms with Crippen LogP contribution in [0, 0.1) is 0 Å². The molecule has 0 saturated carbocycles. The van der Waals surface area contributed by atoms with Crippen LogP contribution in [0.3, 0.4) is 0 Å². The van der Waals surface area contributed by atoms with Crippen LogP contribution in [0.25, 0.3) is 8.85 Å². The molecule has 30 heavy (non-hydrogen) atoms. The van der Waals surface area contributed by atoms with Crippen molar-refractivity contribution in [3.05, 3.63) is 69.5 Å². The predicted molar refractivity (Wildman–Crippen MR) is 124 cm³/mol. The summed E-state index contributed by atoms with van der Waals surface area (Å²) in [6.07, 6.45) is 6.13. The molecule has 6 heteroatoms.